The summed E-state index contributed by atoms with van der Waals surface area (Å²) in [6, 6.07) is 28.6. The Kier molecular flexibility index (Phi) is 11.5. The smallest absolute Gasteiger partial charge is 0.333 e. The summed E-state index contributed by atoms with van der Waals surface area (Å²) in [4.78, 5) is 23.1. The fraction of sp³-hybridized carbons (Fsp3) is 0.190. The molecule has 4 heteroatoms. The van der Waals surface area contributed by atoms with E-state index < -0.39 is 0 Å². The van der Waals surface area contributed by atoms with Crippen molar-refractivity contribution in [2.75, 3.05) is 13.2 Å². The molecular formula is C42H38O4. The lowest BCUT2D eigenvalue weighted by Crippen LogP contribution is -2.07. The van der Waals surface area contributed by atoms with E-state index in [1.165, 1.54) is 11.1 Å². The second kappa shape index (κ2) is 15.9. The van der Waals surface area contributed by atoms with Crippen molar-refractivity contribution in [3.8, 4) is 34.8 Å². The molecule has 0 aromatic heterocycles. The minimum atomic E-state index is -0.362. The minimum Gasteiger partial charge on any atom is -0.462 e. The van der Waals surface area contributed by atoms with E-state index >= 15 is 0 Å². The van der Waals surface area contributed by atoms with E-state index in [0.717, 1.165) is 44.5 Å². The van der Waals surface area contributed by atoms with Crippen LogP contribution in [0.2, 0.25) is 0 Å². The molecule has 0 N–H and O–H groups in total. The molecule has 0 atom stereocenters. The first-order valence-corrected chi connectivity index (χ1v) is 15.2. The molecule has 4 rings (SSSR count). The lowest BCUT2D eigenvalue weighted by atomic mass is 9.94. The van der Waals surface area contributed by atoms with Crippen LogP contribution in [0.5, 0.6) is 0 Å². The number of rotatable bonds is 9. The Balaban J connectivity index is 1.36. The second-order valence-corrected chi connectivity index (χ2v) is 11.3. The maximum Gasteiger partial charge on any atom is 0.333 e. The van der Waals surface area contributed by atoms with E-state index in [2.05, 4.69) is 87.1 Å². The van der Waals surface area contributed by atoms with Crippen LogP contribution in [0.3, 0.4) is 0 Å². The number of aryl methyl sites for hydroxylation is 2. The molecule has 0 spiro atoms. The average molecular weight is 607 g/mol. The number of ether oxygens (including phenoxy) is 2. The summed E-state index contributed by atoms with van der Waals surface area (Å²) in [5.74, 6) is 12.3. The molecule has 0 aliphatic carbocycles. The topological polar surface area (TPSA) is 52.6 Å². The largest absolute Gasteiger partial charge is 0.462 e. The minimum absolute atomic E-state index is 0.326. The molecule has 0 saturated carbocycles. The van der Waals surface area contributed by atoms with Gasteiger partial charge in [-0.3, -0.25) is 0 Å². The van der Waals surface area contributed by atoms with Gasteiger partial charge in [-0.25, -0.2) is 9.59 Å². The first-order valence-electron chi connectivity index (χ1n) is 15.2. The molecule has 0 amide bonds. The van der Waals surface area contributed by atoms with Crippen molar-refractivity contribution in [3.63, 3.8) is 0 Å². The Hall–Kier alpha value is -5.58. The van der Waals surface area contributed by atoms with Crippen LogP contribution in [0.1, 0.15) is 58.4 Å². The van der Waals surface area contributed by atoms with E-state index in [4.69, 9.17) is 9.47 Å². The molecule has 0 bridgehead atoms. The van der Waals surface area contributed by atoms with Crippen LogP contribution in [0.15, 0.2) is 109 Å². The van der Waals surface area contributed by atoms with E-state index in [9.17, 15) is 9.59 Å². The Labute approximate surface area is 272 Å². The van der Waals surface area contributed by atoms with Crippen LogP contribution < -0.4 is 0 Å². The van der Waals surface area contributed by atoms with Gasteiger partial charge in [0, 0.05) is 46.2 Å². The number of esters is 2. The number of hydrogen-bond acceptors (Lipinski definition) is 4. The van der Waals surface area contributed by atoms with Gasteiger partial charge in [-0.1, -0.05) is 73.2 Å². The van der Waals surface area contributed by atoms with E-state index in [0.29, 0.717) is 37.2 Å². The lowest BCUT2D eigenvalue weighted by Gasteiger charge is -2.10. The SMILES string of the molecule is C=C(C)C(=O)OCCc1ccc(C#Cc2ccc(-c3ccc(C#Cc4ccc(CCOC(=O)C(=C)C)cc4)cc3C)c(C)c2)cc1. The summed E-state index contributed by atoms with van der Waals surface area (Å²) in [6.07, 6.45) is 1.29. The van der Waals surface area contributed by atoms with Crippen molar-refractivity contribution in [3.05, 3.63) is 154 Å². The zero-order valence-electron chi connectivity index (χ0n) is 27.0. The van der Waals surface area contributed by atoms with Crippen LogP contribution in [0, 0.1) is 37.5 Å². The average Bonchev–Trinajstić information content (AvgIpc) is 3.04. The molecule has 0 unspecified atom stereocenters. The lowest BCUT2D eigenvalue weighted by molar-refractivity contribution is -0.139. The van der Waals surface area contributed by atoms with E-state index in [-0.39, 0.29) is 11.9 Å². The van der Waals surface area contributed by atoms with E-state index in [1.807, 2.05) is 48.5 Å². The molecule has 4 aromatic carbocycles. The Morgan fingerprint density at radius 2 is 0.870 bits per heavy atom. The van der Waals surface area contributed by atoms with Crippen LogP contribution in [-0.4, -0.2) is 25.2 Å². The molecule has 4 aromatic rings. The zero-order chi connectivity index (χ0) is 33.1. The number of carbonyl (C=O) groups excluding carboxylic acids is 2. The Morgan fingerprint density at radius 3 is 1.20 bits per heavy atom. The molecule has 0 heterocycles. The van der Waals surface area contributed by atoms with Crippen LogP contribution in [0.25, 0.3) is 11.1 Å². The summed E-state index contributed by atoms with van der Waals surface area (Å²) < 4.78 is 10.3. The third kappa shape index (κ3) is 9.71. The highest BCUT2D eigenvalue weighted by Crippen LogP contribution is 2.28. The molecule has 0 radical (unpaired) electrons. The monoisotopic (exact) mass is 606 g/mol. The number of benzene rings is 4. The van der Waals surface area contributed by atoms with Gasteiger partial charge in [-0.05, 0) is 110 Å². The van der Waals surface area contributed by atoms with Crippen molar-refractivity contribution in [2.45, 2.75) is 40.5 Å². The summed E-state index contributed by atoms with van der Waals surface area (Å²) in [5, 5.41) is 0. The molecule has 230 valence electrons. The van der Waals surface area contributed by atoms with Gasteiger partial charge >= 0.3 is 11.9 Å². The fourth-order valence-electron chi connectivity index (χ4n) is 4.65. The molecule has 4 nitrogen and oxygen atoms in total. The normalized spacial score (nSPS) is 10.1. The summed E-state index contributed by atoms with van der Waals surface area (Å²) in [5.41, 5.74) is 11.4. The summed E-state index contributed by atoms with van der Waals surface area (Å²) in [6.45, 7) is 15.3. The van der Waals surface area contributed by atoms with Crippen molar-refractivity contribution in [2.24, 2.45) is 0 Å². The van der Waals surface area contributed by atoms with Crippen molar-refractivity contribution in [1.82, 2.24) is 0 Å². The maximum atomic E-state index is 11.5. The molecule has 0 saturated heterocycles. The fourth-order valence-corrected chi connectivity index (χ4v) is 4.65. The van der Waals surface area contributed by atoms with E-state index in [1.54, 1.807) is 13.8 Å². The van der Waals surface area contributed by atoms with Crippen molar-refractivity contribution in [1.29, 1.82) is 0 Å². The first-order chi connectivity index (χ1) is 22.1. The van der Waals surface area contributed by atoms with Gasteiger partial charge in [0.2, 0.25) is 0 Å². The molecule has 46 heavy (non-hydrogen) atoms. The highest BCUT2D eigenvalue weighted by Gasteiger charge is 2.07. The number of hydrogen-bond donors (Lipinski definition) is 0. The quantitative estimate of drug-likeness (QED) is 0.110. The molecule has 0 fully saturated rings. The number of carbonyl (C=O) groups is 2. The second-order valence-electron chi connectivity index (χ2n) is 11.3. The predicted octanol–water partition coefficient (Wildman–Crippen LogP) is 8.09. The third-order valence-corrected chi connectivity index (χ3v) is 7.30. The Morgan fingerprint density at radius 1 is 0.543 bits per heavy atom. The van der Waals surface area contributed by atoms with Crippen LogP contribution in [-0.2, 0) is 31.9 Å². The highest BCUT2D eigenvalue weighted by molar-refractivity contribution is 5.87. The zero-order valence-corrected chi connectivity index (χ0v) is 27.0. The van der Waals surface area contributed by atoms with Crippen molar-refractivity contribution < 1.29 is 19.1 Å². The van der Waals surface area contributed by atoms with Crippen LogP contribution in [0.4, 0.5) is 0 Å². The van der Waals surface area contributed by atoms with Gasteiger partial charge in [0.1, 0.15) is 0 Å². The predicted molar refractivity (Wildman–Crippen MR) is 185 cm³/mol. The Bertz CT molecular complexity index is 1740. The van der Waals surface area contributed by atoms with Crippen molar-refractivity contribution >= 4 is 11.9 Å². The van der Waals surface area contributed by atoms with Gasteiger partial charge in [-0.15, -0.1) is 0 Å². The first kappa shape index (κ1) is 33.3. The van der Waals surface area contributed by atoms with Gasteiger partial charge in [0.15, 0.2) is 0 Å². The van der Waals surface area contributed by atoms with Crippen LogP contribution >= 0.6 is 0 Å². The highest BCUT2D eigenvalue weighted by atomic mass is 16.5. The van der Waals surface area contributed by atoms with Gasteiger partial charge in [0.25, 0.3) is 0 Å². The standard InChI is InChI=1S/C42H38O4/c1-29(2)41(43)45-25-23-35-11-7-33(8-12-35)15-17-37-19-21-39(31(5)27-37)40-22-20-38(28-32(40)6)18-16-34-9-13-36(14-10-34)24-26-46-42(44)30(3)4/h7-14,19-22,27-28H,1,3,23-26H2,2,4-6H3. The van der Waals surface area contributed by atoms with Gasteiger partial charge < -0.3 is 9.47 Å². The molecule has 0 aliphatic rings. The third-order valence-electron chi connectivity index (χ3n) is 7.30. The maximum absolute atomic E-state index is 11.5. The summed E-state index contributed by atoms with van der Waals surface area (Å²) >= 11 is 0. The van der Waals surface area contributed by atoms with Gasteiger partial charge in [-0.2, -0.15) is 0 Å². The molecular weight excluding hydrogens is 568 g/mol. The summed E-state index contributed by atoms with van der Waals surface area (Å²) in [7, 11) is 0. The van der Waals surface area contributed by atoms with Gasteiger partial charge in [0.05, 0.1) is 13.2 Å². The molecule has 0 aliphatic heterocycles.